The Morgan fingerprint density at radius 3 is 2.45 bits per heavy atom. The maximum atomic E-state index is 11.6. The van der Waals surface area contributed by atoms with Gasteiger partial charge in [0, 0.05) is 32.1 Å². The third kappa shape index (κ3) is 5.85. The van der Waals surface area contributed by atoms with Crippen molar-refractivity contribution in [2.45, 2.75) is 38.1 Å². The van der Waals surface area contributed by atoms with E-state index in [0.29, 0.717) is 0 Å². The summed E-state index contributed by atoms with van der Waals surface area (Å²) in [5.74, 6) is -1.07. The Bertz CT molecular complexity index is 482. The van der Waals surface area contributed by atoms with Crippen LogP contribution in [0.1, 0.15) is 31.2 Å². The highest BCUT2D eigenvalue weighted by atomic mass is 16.4. The fourth-order valence-electron chi connectivity index (χ4n) is 2.75. The van der Waals surface area contributed by atoms with Crippen molar-refractivity contribution >= 4 is 11.9 Å². The van der Waals surface area contributed by atoms with Gasteiger partial charge in [-0.05, 0) is 24.8 Å². The van der Waals surface area contributed by atoms with Crippen molar-refractivity contribution in [3.63, 3.8) is 0 Å². The van der Waals surface area contributed by atoms with Crippen molar-refractivity contribution in [3.8, 4) is 0 Å². The number of likely N-dealkylation sites (tertiary alicyclic amines) is 1. The van der Waals surface area contributed by atoms with Crippen molar-refractivity contribution in [1.29, 1.82) is 0 Å². The first-order valence-electron chi connectivity index (χ1n) is 7.91. The van der Waals surface area contributed by atoms with E-state index in [1.807, 2.05) is 6.07 Å². The SMILES string of the molecule is O=C(O)CCC(=O)NC1CCN(CCc2ccccc2)CC1. The summed E-state index contributed by atoms with van der Waals surface area (Å²) >= 11 is 0. The third-order valence-electron chi connectivity index (χ3n) is 4.08. The molecule has 2 rings (SSSR count). The number of carbonyl (C=O) groups is 2. The first-order chi connectivity index (χ1) is 10.6. The fourth-order valence-corrected chi connectivity index (χ4v) is 2.75. The number of aliphatic carboxylic acids is 1. The van der Waals surface area contributed by atoms with E-state index in [1.54, 1.807) is 0 Å². The van der Waals surface area contributed by atoms with Gasteiger partial charge in [-0.15, -0.1) is 0 Å². The van der Waals surface area contributed by atoms with E-state index >= 15 is 0 Å². The van der Waals surface area contributed by atoms with Crippen molar-refractivity contribution < 1.29 is 14.7 Å². The van der Waals surface area contributed by atoms with E-state index in [0.717, 1.165) is 38.9 Å². The predicted molar refractivity (Wildman–Crippen MR) is 84.6 cm³/mol. The molecular weight excluding hydrogens is 280 g/mol. The summed E-state index contributed by atoms with van der Waals surface area (Å²) in [6, 6.07) is 10.6. The van der Waals surface area contributed by atoms with Gasteiger partial charge in [-0.1, -0.05) is 30.3 Å². The van der Waals surface area contributed by atoms with Gasteiger partial charge >= 0.3 is 5.97 Å². The van der Waals surface area contributed by atoms with Crippen molar-refractivity contribution in [1.82, 2.24) is 10.2 Å². The molecule has 2 N–H and O–H groups in total. The second kappa shape index (κ2) is 8.54. The lowest BCUT2D eigenvalue weighted by Crippen LogP contribution is -2.45. The van der Waals surface area contributed by atoms with E-state index in [-0.39, 0.29) is 24.8 Å². The van der Waals surface area contributed by atoms with Crippen molar-refractivity contribution in [2.75, 3.05) is 19.6 Å². The predicted octanol–water partition coefficient (Wildman–Crippen LogP) is 1.67. The van der Waals surface area contributed by atoms with Gasteiger partial charge in [-0.25, -0.2) is 0 Å². The number of amides is 1. The van der Waals surface area contributed by atoms with Gasteiger partial charge in [0.2, 0.25) is 5.91 Å². The number of nitrogens with zero attached hydrogens (tertiary/aromatic N) is 1. The first-order valence-corrected chi connectivity index (χ1v) is 7.91. The summed E-state index contributed by atoms with van der Waals surface area (Å²) in [5.41, 5.74) is 1.35. The fraction of sp³-hybridized carbons (Fsp3) is 0.529. The van der Waals surface area contributed by atoms with Crippen LogP contribution in [0, 0.1) is 0 Å². The van der Waals surface area contributed by atoms with Crippen molar-refractivity contribution in [2.24, 2.45) is 0 Å². The van der Waals surface area contributed by atoms with Crippen LogP contribution < -0.4 is 5.32 Å². The summed E-state index contributed by atoms with van der Waals surface area (Å²) in [5, 5.41) is 11.5. The molecule has 22 heavy (non-hydrogen) atoms. The number of benzene rings is 1. The molecule has 0 aliphatic carbocycles. The van der Waals surface area contributed by atoms with Crippen LogP contribution in [0.15, 0.2) is 30.3 Å². The minimum absolute atomic E-state index is 0.0730. The van der Waals surface area contributed by atoms with Crippen molar-refractivity contribution in [3.05, 3.63) is 35.9 Å². The topological polar surface area (TPSA) is 69.6 Å². The maximum absolute atomic E-state index is 11.6. The molecule has 5 heteroatoms. The number of rotatable bonds is 7. The molecule has 1 aliphatic rings. The Hall–Kier alpha value is -1.88. The van der Waals surface area contributed by atoms with Gasteiger partial charge in [0.05, 0.1) is 6.42 Å². The van der Waals surface area contributed by atoms with E-state index in [1.165, 1.54) is 5.56 Å². The number of hydrogen-bond donors (Lipinski definition) is 2. The zero-order chi connectivity index (χ0) is 15.8. The normalized spacial score (nSPS) is 16.4. The molecule has 1 heterocycles. The molecular formula is C17H24N2O3. The lowest BCUT2D eigenvalue weighted by Gasteiger charge is -2.32. The van der Waals surface area contributed by atoms with Gasteiger partial charge < -0.3 is 15.3 Å². The molecule has 0 saturated carbocycles. The Labute approximate surface area is 131 Å². The highest BCUT2D eigenvalue weighted by Crippen LogP contribution is 2.12. The molecule has 0 aromatic heterocycles. The van der Waals surface area contributed by atoms with Crippen LogP contribution in [0.2, 0.25) is 0 Å². The summed E-state index contributed by atoms with van der Waals surface area (Å²) in [6.07, 6.45) is 2.91. The van der Waals surface area contributed by atoms with E-state index in [2.05, 4.69) is 34.5 Å². The minimum Gasteiger partial charge on any atom is -0.481 e. The summed E-state index contributed by atoms with van der Waals surface area (Å²) < 4.78 is 0. The van der Waals surface area contributed by atoms with E-state index in [4.69, 9.17) is 5.11 Å². The summed E-state index contributed by atoms with van der Waals surface area (Å²) in [4.78, 5) is 24.5. The molecule has 1 aromatic carbocycles. The third-order valence-corrected chi connectivity index (χ3v) is 4.08. The average molecular weight is 304 g/mol. The zero-order valence-corrected chi connectivity index (χ0v) is 12.8. The first kappa shape index (κ1) is 16.5. The largest absolute Gasteiger partial charge is 0.481 e. The molecule has 1 aromatic rings. The monoisotopic (exact) mass is 304 g/mol. The Morgan fingerprint density at radius 2 is 1.82 bits per heavy atom. The number of carboxylic acids is 1. The number of piperidine rings is 1. The molecule has 5 nitrogen and oxygen atoms in total. The van der Waals surface area contributed by atoms with Crippen LogP contribution in [-0.2, 0) is 16.0 Å². The van der Waals surface area contributed by atoms with Crippen LogP contribution in [0.3, 0.4) is 0 Å². The van der Waals surface area contributed by atoms with Crippen LogP contribution in [0.25, 0.3) is 0 Å². The Kier molecular flexibility index (Phi) is 6.40. The molecule has 1 aliphatic heterocycles. The molecule has 0 bridgehead atoms. The number of hydrogen-bond acceptors (Lipinski definition) is 3. The van der Waals surface area contributed by atoms with E-state index < -0.39 is 5.97 Å². The second-order valence-electron chi connectivity index (χ2n) is 5.81. The lowest BCUT2D eigenvalue weighted by atomic mass is 10.0. The van der Waals surface area contributed by atoms with E-state index in [9.17, 15) is 9.59 Å². The van der Waals surface area contributed by atoms with Gasteiger partial charge in [0.25, 0.3) is 0 Å². The Morgan fingerprint density at radius 1 is 1.14 bits per heavy atom. The highest BCUT2D eigenvalue weighted by molar-refractivity contribution is 5.80. The molecule has 1 fully saturated rings. The summed E-state index contributed by atoms with van der Waals surface area (Å²) in [6.45, 7) is 3.01. The Balaban J connectivity index is 1.63. The summed E-state index contributed by atoms with van der Waals surface area (Å²) in [7, 11) is 0. The van der Waals surface area contributed by atoms with Crippen LogP contribution >= 0.6 is 0 Å². The second-order valence-corrected chi connectivity index (χ2v) is 5.81. The lowest BCUT2D eigenvalue weighted by molar-refractivity contribution is -0.139. The number of nitrogens with one attached hydrogen (secondary N) is 1. The van der Waals surface area contributed by atoms with Crippen LogP contribution in [0.5, 0.6) is 0 Å². The number of carbonyl (C=O) groups excluding carboxylic acids is 1. The van der Waals surface area contributed by atoms with Crippen LogP contribution in [-0.4, -0.2) is 47.6 Å². The molecule has 120 valence electrons. The zero-order valence-electron chi connectivity index (χ0n) is 12.8. The molecule has 1 saturated heterocycles. The molecule has 0 spiro atoms. The maximum Gasteiger partial charge on any atom is 0.303 e. The van der Waals surface area contributed by atoms with Crippen LogP contribution in [0.4, 0.5) is 0 Å². The minimum atomic E-state index is -0.925. The highest BCUT2D eigenvalue weighted by Gasteiger charge is 2.20. The van der Waals surface area contributed by atoms with Gasteiger partial charge in [-0.3, -0.25) is 9.59 Å². The average Bonchev–Trinajstić information content (AvgIpc) is 2.53. The molecule has 0 radical (unpaired) electrons. The van der Waals surface area contributed by atoms with Gasteiger partial charge in [0.15, 0.2) is 0 Å². The smallest absolute Gasteiger partial charge is 0.303 e. The standard InChI is InChI=1S/C17H24N2O3/c20-16(6-7-17(21)22)18-15-9-12-19(13-10-15)11-8-14-4-2-1-3-5-14/h1-5,15H,6-13H2,(H,18,20)(H,21,22). The molecule has 1 amide bonds. The molecule has 0 atom stereocenters. The quantitative estimate of drug-likeness (QED) is 0.804. The van der Waals surface area contributed by atoms with Gasteiger partial charge in [0.1, 0.15) is 0 Å². The number of carboxylic acid groups (broad SMARTS) is 1. The molecule has 0 unspecified atom stereocenters. The van der Waals surface area contributed by atoms with Gasteiger partial charge in [-0.2, -0.15) is 0 Å².